The van der Waals surface area contributed by atoms with Gasteiger partial charge in [0.2, 0.25) is 6.41 Å². The molecule has 6 heteroatoms. The lowest BCUT2D eigenvalue weighted by Gasteiger charge is -2.30. The van der Waals surface area contributed by atoms with Crippen LogP contribution in [0.2, 0.25) is 0 Å². The minimum absolute atomic E-state index is 0.112. The van der Waals surface area contributed by atoms with Gasteiger partial charge in [0.05, 0.1) is 11.7 Å². The lowest BCUT2D eigenvalue weighted by atomic mass is 9.80. The number of nitrogens with one attached hydrogen (secondary N) is 1. The maximum absolute atomic E-state index is 12.9. The summed E-state index contributed by atoms with van der Waals surface area (Å²) < 4.78 is 27.3. The average Bonchev–Trinajstić information content (AvgIpc) is 2.83. The predicted octanol–water partition coefficient (Wildman–Crippen LogP) is 3.78. The molecule has 1 fully saturated rings. The third kappa shape index (κ3) is 3.16. The first-order chi connectivity index (χ1) is 9.52. The molecule has 0 aliphatic heterocycles. The number of carbonyl (C=O) groups excluding carboxylic acids is 1. The quantitative estimate of drug-likeness (QED) is 0.837. The van der Waals surface area contributed by atoms with E-state index in [2.05, 4.69) is 24.3 Å². The van der Waals surface area contributed by atoms with Crippen LogP contribution in [0.25, 0.3) is 0 Å². The van der Waals surface area contributed by atoms with Gasteiger partial charge < -0.3 is 5.32 Å². The van der Waals surface area contributed by atoms with Crippen molar-refractivity contribution in [2.24, 2.45) is 11.8 Å². The maximum Gasteiger partial charge on any atom is 0.284 e. The molecule has 4 nitrogen and oxygen atoms in total. The minimum atomic E-state index is -2.68. The molecule has 0 saturated heterocycles. The second-order valence-corrected chi connectivity index (χ2v) is 5.78. The van der Waals surface area contributed by atoms with Crippen molar-refractivity contribution >= 4 is 12.1 Å². The first-order valence-corrected chi connectivity index (χ1v) is 7.10. The molecular formula is C14H21F2N3O. The maximum atomic E-state index is 12.9. The van der Waals surface area contributed by atoms with Gasteiger partial charge in [0.25, 0.3) is 6.43 Å². The molecule has 1 heterocycles. The summed E-state index contributed by atoms with van der Waals surface area (Å²) in [4.78, 5) is 10.5. The molecule has 0 spiro atoms. The summed E-state index contributed by atoms with van der Waals surface area (Å²) in [6, 6.07) is 0.157. The molecule has 0 radical (unpaired) electrons. The number of amides is 1. The molecule has 1 amide bonds. The van der Waals surface area contributed by atoms with E-state index in [0.717, 1.165) is 25.7 Å². The molecule has 2 rings (SSSR count). The third-order valence-electron chi connectivity index (χ3n) is 4.24. The van der Waals surface area contributed by atoms with E-state index in [1.165, 1.54) is 6.20 Å². The number of hydrogen-bond acceptors (Lipinski definition) is 2. The Morgan fingerprint density at radius 1 is 1.35 bits per heavy atom. The number of rotatable bonds is 5. The molecule has 112 valence electrons. The molecule has 1 aliphatic rings. The molecule has 1 aromatic heterocycles. The monoisotopic (exact) mass is 285 g/mol. The van der Waals surface area contributed by atoms with Gasteiger partial charge in [-0.05, 0) is 37.5 Å². The van der Waals surface area contributed by atoms with Crippen molar-refractivity contribution in [1.29, 1.82) is 0 Å². The molecule has 0 unspecified atom stereocenters. The number of nitrogens with zero attached hydrogens (tertiary/aromatic N) is 2. The van der Waals surface area contributed by atoms with Crippen LogP contribution in [0.1, 0.15) is 57.7 Å². The van der Waals surface area contributed by atoms with Crippen LogP contribution in [0.3, 0.4) is 0 Å². The number of halogens is 2. The highest BCUT2D eigenvalue weighted by Crippen LogP contribution is 2.37. The zero-order chi connectivity index (χ0) is 14.7. The first kappa shape index (κ1) is 14.9. The average molecular weight is 285 g/mol. The third-order valence-corrected chi connectivity index (χ3v) is 4.24. The van der Waals surface area contributed by atoms with Crippen LogP contribution < -0.4 is 5.32 Å². The van der Waals surface area contributed by atoms with Gasteiger partial charge in [-0.3, -0.25) is 9.48 Å². The summed E-state index contributed by atoms with van der Waals surface area (Å²) in [6.07, 6.45) is 3.36. The Morgan fingerprint density at radius 2 is 2.00 bits per heavy atom. The van der Waals surface area contributed by atoms with Crippen LogP contribution in [0.4, 0.5) is 14.5 Å². The van der Waals surface area contributed by atoms with Crippen LogP contribution in [0.5, 0.6) is 0 Å². The molecule has 20 heavy (non-hydrogen) atoms. The Labute approximate surface area is 117 Å². The molecule has 0 bridgehead atoms. The van der Waals surface area contributed by atoms with Crippen molar-refractivity contribution in [2.45, 2.75) is 52.0 Å². The number of carbonyl (C=O) groups is 1. The van der Waals surface area contributed by atoms with Gasteiger partial charge in [-0.1, -0.05) is 13.8 Å². The van der Waals surface area contributed by atoms with Crippen molar-refractivity contribution < 1.29 is 13.6 Å². The number of hydrogen-bond donors (Lipinski definition) is 1. The molecule has 1 aliphatic carbocycles. The minimum Gasteiger partial charge on any atom is -0.326 e. The molecule has 1 aromatic rings. The summed E-state index contributed by atoms with van der Waals surface area (Å²) in [7, 11) is 0. The molecular weight excluding hydrogens is 264 g/mol. The van der Waals surface area contributed by atoms with Crippen LogP contribution >= 0.6 is 0 Å². The largest absolute Gasteiger partial charge is 0.326 e. The van der Waals surface area contributed by atoms with Gasteiger partial charge in [0.15, 0.2) is 5.69 Å². The van der Waals surface area contributed by atoms with Gasteiger partial charge in [0.1, 0.15) is 0 Å². The van der Waals surface area contributed by atoms with Crippen molar-refractivity contribution in [3.05, 3.63) is 11.9 Å². The van der Waals surface area contributed by atoms with Crippen molar-refractivity contribution in [1.82, 2.24) is 9.78 Å². The van der Waals surface area contributed by atoms with E-state index < -0.39 is 6.43 Å². The smallest absolute Gasteiger partial charge is 0.284 e. The summed E-state index contributed by atoms with van der Waals surface area (Å²) >= 11 is 0. The summed E-state index contributed by atoms with van der Waals surface area (Å²) in [5.41, 5.74) is -0.232. The van der Waals surface area contributed by atoms with E-state index in [1.807, 2.05) is 0 Å². The fraction of sp³-hybridized carbons (Fsp3) is 0.714. The van der Waals surface area contributed by atoms with Crippen LogP contribution in [-0.4, -0.2) is 16.2 Å². The molecule has 0 aromatic carbocycles. The fourth-order valence-corrected chi connectivity index (χ4v) is 2.96. The number of alkyl halides is 2. The topological polar surface area (TPSA) is 46.9 Å². The Hall–Kier alpha value is -1.46. The van der Waals surface area contributed by atoms with E-state index in [9.17, 15) is 13.6 Å². The standard InChI is InChI=1S/C14H21F2N3O/c1-9(2)10-3-5-11(6-4-10)19-7-12(17-8-20)13(18-19)14(15)16/h7-11,14H,3-6H2,1-2H3,(H,17,20). The Kier molecular flexibility index (Phi) is 4.73. The second kappa shape index (κ2) is 6.33. The number of anilines is 1. The molecule has 1 saturated carbocycles. The highest BCUT2D eigenvalue weighted by atomic mass is 19.3. The van der Waals surface area contributed by atoms with Crippen LogP contribution in [0, 0.1) is 11.8 Å². The Morgan fingerprint density at radius 3 is 2.50 bits per heavy atom. The van der Waals surface area contributed by atoms with Gasteiger partial charge in [-0.25, -0.2) is 8.78 Å². The molecule has 0 atom stereocenters. The van der Waals surface area contributed by atoms with E-state index in [1.54, 1.807) is 4.68 Å². The van der Waals surface area contributed by atoms with Crippen LogP contribution in [-0.2, 0) is 4.79 Å². The number of aromatic nitrogens is 2. The Balaban J connectivity index is 2.10. The summed E-state index contributed by atoms with van der Waals surface area (Å²) in [5.74, 6) is 1.38. The van der Waals surface area contributed by atoms with E-state index in [-0.39, 0.29) is 17.4 Å². The van der Waals surface area contributed by atoms with E-state index in [0.29, 0.717) is 18.2 Å². The fourth-order valence-electron chi connectivity index (χ4n) is 2.96. The summed E-state index contributed by atoms with van der Waals surface area (Å²) in [6.45, 7) is 4.44. The predicted molar refractivity (Wildman–Crippen MR) is 72.7 cm³/mol. The lowest BCUT2D eigenvalue weighted by molar-refractivity contribution is -0.105. The second-order valence-electron chi connectivity index (χ2n) is 5.78. The van der Waals surface area contributed by atoms with E-state index >= 15 is 0 Å². The van der Waals surface area contributed by atoms with Crippen molar-refractivity contribution in [3.63, 3.8) is 0 Å². The highest BCUT2D eigenvalue weighted by molar-refractivity contribution is 5.72. The van der Waals surface area contributed by atoms with E-state index in [4.69, 9.17) is 0 Å². The first-order valence-electron chi connectivity index (χ1n) is 7.10. The van der Waals surface area contributed by atoms with Crippen molar-refractivity contribution in [3.8, 4) is 0 Å². The van der Waals surface area contributed by atoms with Crippen molar-refractivity contribution in [2.75, 3.05) is 5.32 Å². The van der Waals surface area contributed by atoms with Gasteiger partial charge in [0, 0.05) is 6.20 Å². The normalized spacial score (nSPS) is 23.3. The van der Waals surface area contributed by atoms with Gasteiger partial charge >= 0.3 is 0 Å². The highest BCUT2D eigenvalue weighted by Gasteiger charge is 2.27. The van der Waals surface area contributed by atoms with Gasteiger partial charge in [-0.15, -0.1) is 0 Å². The zero-order valence-electron chi connectivity index (χ0n) is 11.9. The van der Waals surface area contributed by atoms with Gasteiger partial charge in [-0.2, -0.15) is 5.10 Å². The zero-order valence-corrected chi connectivity index (χ0v) is 11.9. The molecule has 1 N–H and O–H groups in total. The lowest BCUT2D eigenvalue weighted by Crippen LogP contribution is -2.21. The SMILES string of the molecule is CC(C)C1CCC(n2cc(NC=O)c(C(F)F)n2)CC1. The summed E-state index contributed by atoms with van der Waals surface area (Å²) in [5, 5.41) is 6.27. The van der Waals surface area contributed by atoms with Crippen LogP contribution in [0.15, 0.2) is 6.20 Å². The Bertz CT molecular complexity index is 451.